The lowest BCUT2D eigenvalue weighted by Crippen LogP contribution is -2.30. The molecule has 4 aromatic rings. The first-order chi connectivity index (χ1) is 13.0. The minimum Gasteiger partial charge on any atom is -0.285 e. The molecule has 4 rings (SSSR count). The molecule has 0 saturated carbocycles. The first kappa shape index (κ1) is 18.3. The van der Waals surface area contributed by atoms with Gasteiger partial charge in [-0.1, -0.05) is 31.0 Å². The number of nitrogens with zero attached hydrogens (tertiary/aromatic N) is 4. The Morgan fingerprint density at radius 1 is 1.26 bits per heavy atom. The normalized spacial score (nSPS) is 13.4. The maximum atomic E-state index is 13.2. The Labute approximate surface area is 165 Å². The third kappa shape index (κ3) is 3.31. The predicted molar refractivity (Wildman–Crippen MR) is 106 cm³/mol. The lowest BCUT2D eigenvalue weighted by molar-refractivity contribution is 0.517. The molecule has 0 radical (unpaired) electrons. The Hall–Kier alpha value is -2.07. The molecule has 0 fully saturated rings. The van der Waals surface area contributed by atoms with Crippen molar-refractivity contribution in [3.05, 3.63) is 52.9 Å². The Bertz CT molecular complexity index is 1220. The molecular formula is C17H16ClN5O2S2. The number of nitrogens with one attached hydrogen (secondary N) is 1. The molecule has 0 aliphatic carbocycles. The van der Waals surface area contributed by atoms with Crippen LogP contribution in [0.2, 0.25) is 5.02 Å². The number of thiazole rings is 1. The van der Waals surface area contributed by atoms with E-state index in [0.717, 1.165) is 11.1 Å². The SMILES string of the molecule is CCCC(NS(=O)(=O)c1c(Cl)ccc2scnc12)c1nnc2ccccn12. The summed E-state index contributed by atoms with van der Waals surface area (Å²) in [5.74, 6) is 0.539. The Morgan fingerprint density at radius 3 is 2.93 bits per heavy atom. The molecule has 3 aromatic heterocycles. The maximum absolute atomic E-state index is 13.2. The fourth-order valence-corrected chi connectivity index (χ4v) is 5.67. The zero-order valence-corrected chi connectivity index (χ0v) is 16.7. The fourth-order valence-electron chi connectivity index (χ4n) is 3.01. The van der Waals surface area contributed by atoms with Crippen molar-refractivity contribution in [2.24, 2.45) is 0 Å². The van der Waals surface area contributed by atoms with E-state index < -0.39 is 16.1 Å². The molecule has 140 valence electrons. The van der Waals surface area contributed by atoms with Gasteiger partial charge in [-0.3, -0.25) is 4.40 Å². The van der Waals surface area contributed by atoms with E-state index in [2.05, 4.69) is 19.9 Å². The van der Waals surface area contributed by atoms with Crippen LogP contribution in [0.15, 0.2) is 46.9 Å². The van der Waals surface area contributed by atoms with Crippen molar-refractivity contribution in [1.82, 2.24) is 24.3 Å². The average Bonchev–Trinajstić information content (AvgIpc) is 3.27. The topological polar surface area (TPSA) is 89.2 Å². The zero-order valence-electron chi connectivity index (χ0n) is 14.3. The van der Waals surface area contributed by atoms with Crippen LogP contribution in [0.4, 0.5) is 0 Å². The molecule has 10 heteroatoms. The van der Waals surface area contributed by atoms with Gasteiger partial charge in [0.1, 0.15) is 10.4 Å². The molecule has 0 aliphatic heterocycles. The number of sulfonamides is 1. The van der Waals surface area contributed by atoms with Gasteiger partial charge in [0.2, 0.25) is 10.0 Å². The number of fused-ring (bicyclic) bond motifs is 2. The van der Waals surface area contributed by atoms with Gasteiger partial charge in [-0.25, -0.2) is 18.1 Å². The average molecular weight is 422 g/mol. The van der Waals surface area contributed by atoms with Gasteiger partial charge >= 0.3 is 0 Å². The quantitative estimate of drug-likeness (QED) is 0.511. The Balaban J connectivity index is 1.79. The summed E-state index contributed by atoms with van der Waals surface area (Å²) in [4.78, 5) is 4.19. The standard InChI is InChI=1S/C17H16ClN5O2S2/c1-2-5-12(17-21-20-14-6-3-4-9-23(14)17)22-27(24,25)16-11(18)7-8-13-15(16)19-10-26-13/h3-4,6-10,12,22H,2,5H2,1H3. The molecule has 0 bridgehead atoms. The molecule has 1 N–H and O–H groups in total. The second-order valence-corrected chi connectivity index (χ2v) is 8.97. The molecule has 1 atom stereocenters. The van der Waals surface area contributed by atoms with E-state index in [9.17, 15) is 8.42 Å². The van der Waals surface area contributed by atoms with Gasteiger partial charge in [0.25, 0.3) is 0 Å². The summed E-state index contributed by atoms with van der Waals surface area (Å²) in [6, 6.07) is 8.34. The fraction of sp³-hybridized carbons (Fsp3) is 0.235. The molecule has 0 spiro atoms. The van der Waals surface area contributed by atoms with Crippen LogP contribution in [-0.2, 0) is 10.0 Å². The monoisotopic (exact) mass is 421 g/mol. The summed E-state index contributed by atoms with van der Waals surface area (Å²) in [6.45, 7) is 1.98. The van der Waals surface area contributed by atoms with Crippen molar-refractivity contribution >= 4 is 48.8 Å². The van der Waals surface area contributed by atoms with Crippen LogP contribution in [-0.4, -0.2) is 28.0 Å². The molecule has 3 heterocycles. The highest BCUT2D eigenvalue weighted by molar-refractivity contribution is 7.89. The number of aromatic nitrogens is 4. The molecule has 1 aromatic carbocycles. The van der Waals surface area contributed by atoms with Gasteiger partial charge in [0, 0.05) is 6.20 Å². The van der Waals surface area contributed by atoms with E-state index in [4.69, 9.17) is 11.6 Å². The lowest BCUT2D eigenvalue weighted by Gasteiger charge is -2.17. The van der Waals surface area contributed by atoms with Crippen LogP contribution in [0.1, 0.15) is 31.6 Å². The van der Waals surface area contributed by atoms with E-state index in [1.165, 1.54) is 11.3 Å². The summed E-state index contributed by atoms with van der Waals surface area (Å²) >= 11 is 7.60. The van der Waals surface area contributed by atoms with Crippen molar-refractivity contribution in [3.63, 3.8) is 0 Å². The lowest BCUT2D eigenvalue weighted by atomic mass is 10.2. The van der Waals surface area contributed by atoms with Gasteiger partial charge < -0.3 is 0 Å². The number of hydrogen-bond donors (Lipinski definition) is 1. The summed E-state index contributed by atoms with van der Waals surface area (Å²) in [5.41, 5.74) is 2.64. The van der Waals surface area contributed by atoms with Crippen molar-refractivity contribution in [1.29, 1.82) is 0 Å². The van der Waals surface area contributed by atoms with Gasteiger partial charge in [-0.15, -0.1) is 21.5 Å². The highest BCUT2D eigenvalue weighted by atomic mass is 35.5. The van der Waals surface area contributed by atoms with E-state index in [1.807, 2.05) is 31.3 Å². The summed E-state index contributed by atoms with van der Waals surface area (Å²) in [7, 11) is -3.92. The molecule has 0 saturated heterocycles. The minimum absolute atomic E-state index is 0.00200. The van der Waals surface area contributed by atoms with Crippen LogP contribution in [0.3, 0.4) is 0 Å². The molecule has 7 nitrogen and oxygen atoms in total. The van der Waals surface area contributed by atoms with Crippen molar-refractivity contribution in [3.8, 4) is 0 Å². The predicted octanol–water partition coefficient (Wildman–Crippen LogP) is 3.81. The Morgan fingerprint density at radius 2 is 2.11 bits per heavy atom. The summed E-state index contributed by atoms with van der Waals surface area (Å²) < 4.78 is 31.7. The van der Waals surface area contributed by atoms with Crippen LogP contribution in [0.5, 0.6) is 0 Å². The number of rotatable bonds is 6. The molecule has 27 heavy (non-hydrogen) atoms. The van der Waals surface area contributed by atoms with Gasteiger partial charge in [0.15, 0.2) is 11.5 Å². The molecule has 1 unspecified atom stereocenters. The second-order valence-electron chi connectivity index (χ2n) is 6.03. The molecule has 0 amide bonds. The number of benzene rings is 1. The van der Waals surface area contributed by atoms with Crippen LogP contribution < -0.4 is 4.72 Å². The van der Waals surface area contributed by atoms with Crippen molar-refractivity contribution in [2.45, 2.75) is 30.7 Å². The third-order valence-electron chi connectivity index (χ3n) is 4.20. The first-order valence-electron chi connectivity index (χ1n) is 8.35. The van der Waals surface area contributed by atoms with E-state index >= 15 is 0 Å². The smallest absolute Gasteiger partial charge is 0.244 e. The van der Waals surface area contributed by atoms with E-state index in [0.29, 0.717) is 23.4 Å². The summed E-state index contributed by atoms with van der Waals surface area (Å²) in [5, 5.41) is 8.47. The third-order valence-corrected chi connectivity index (χ3v) is 6.97. The second kappa shape index (κ2) is 7.16. The van der Waals surface area contributed by atoms with Gasteiger partial charge in [0.05, 0.1) is 21.3 Å². The Kier molecular flexibility index (Phi) is 4.85. The number of hydrogen-bond acceptors (Lipinski definition) is 6. The van der Waals surface area contributed by atoms with Crippen LogP contribution in [0.25, 0.3) is 15.9 Å². The first-order valence-corrected chi connectivity index (χ1v) is 11.1. The van der Waals surface area contributed by atoms with E-state index in [-0.39, 0.29) is 9.92 Å². The molecular weight excluding hydrogens is 406 g/mol. The maximum Gasteiger partial charge on any atom is 0.244 e. The van der Waals surface area contributed by atoms with Crippen molar-refractivity contribution < 1.29 is 8.42 Å². The highest BCUT2D eigenvalue weighted by Gasteiger charge is 2.28. The van der Waals surface area contributed by atoms with Crippen LogP contribution in [0, 0.1) is 0 Å². The van der Waals surface area contributed by atoms with Gasteiger partial charge in [-0.2, -0.15) is 0 Å². The van der Waals surface area contributed by atoms with E-state index in [1.54, 1.807) is 22.0 Å². The summed E-state index contributed by atoms with van der Waals surface area (Å²) in [6.07, 6.45) is 3.15. The van der Waals surface area contributed by atoms with Crippen molar-refractivity contribution in [2.75, 3.05) is 0 Å². The largest absolute Gasteiger partial charge is 0.285 e. The molecule has 0 aliphatic rings. The number of halogens is 1. The highest BCUT2D eigenvalue weighted by Crippen LogP contribution is 2.32. The number of pyridine rings is 1. The minimum atomic E-state index is -3.92. The van der Waals surface area contributed by atoms with Gasteiger partial charge in [-0.05, 0) is 30.7 Å². The van der Waals surface area contributed by atoms with Crippen LogP contribution >= 0.6 is 22.9 Å². The zero-order chi connectivity index (χ0) is 19.0.